The molecule has 0 aliphatic heterocycles. The summed E-state index contributed by atoms with van der Waals surface area (Å²) in [6.07, 6.45) is 12.7. The number of terminal acetylenes is 1. The van der Waals surface area contributed by atoms with Crippen LogP contribution in [0, 0.1) is 24.5 Å². The van der Waals surface area contributed by atoms with Crippen LogP contribution in [0.4, 0.5) is 14.7 Å². The van der Waals surface area contributed by atoms with Gasteiger partial charge in [-0.15, -0.1) is 17.9 Å². The van der Waals surface area contributed by atoms with E-state index < -0.39 is 11.6 Å². The van der Waals surface area contributed by atoms with Gasteiger partial charge in [0.05, 0.1) is 5.39 Å². The molecule has 0 bridgehead atoms. The molecule has 0 radical (unpaired) electrons. The van der Waals surface area contributed by atoms with Crippen molar-refractivity contribution >= 4 is 22.5 Å². The lowest BCUT2D eigenvalue weighted by Crippen LogP contribution is -2.07. The topological polar surface area (TPSA) is 67.1 Å². The largest absolute Gasteiger partial charge is 0.357 e. The summed E-state index contributed by atoms with van der Waals surface area (Å²) >= 11 is 0. The van der Waals surface area contributed by atoms with Crippen LogP contribution in [0.2, 0.25) is 0 Å². The highest BCUT2D eigenvalue weighted by Gasteiger charge is 2.16. The van der Waals surface area contributed by atoms with Crippen LogP contribution < -0.4 is 10.6 Å². The maximum atomic E-state index is 14.0. The second-order valence-electron chi connectivity index (χ2n) is 6.66. The fourth-order valence-corrected chi connectivity index (χ4v) is 2.53. The van der Waals surface area contributed by atoms with Crippen LogP contribution in [0.15, 0.2) is 23.8 Å². The van der Waals surface area contributed by atoms with E-state index in [1.54, 1.807) is 7.05 Å². The minimum atomic E-state index is -0.711. The van der Waals surface area contributed by atoms with Crippen LogP contribution in [0.25, 0.3) is 16.6 Å². The molecule has 32 heavy (non-hydrogen) atoms. The van der Waals surface area contributed by atoms with Gasteiger partial charge in [-0.3, -0.25) is 0 Å². The Labute approximate surface area is 190 Å². The Morgan fingerprint density at radius 3 is 2.25 bits per heavy atom. The minimum absolute atomic E-state index is 0.0809. The Kier molecular flexibility index (Phi) is 14.2. The van der Waals surface area contributed by atoms with Gasteiger partial charge in [-0.05, 0) is 53.3 Å². The molecular formula is C24H36F2N6. The number of nitrogens with one attached hydrogen (secondary N) is 2. The molecule has 0 saturated carbocycles. The first-order valence-corrected chi connectivity index (χ1v) is 10.7. The number of fused-ring (bicyclic) bond motifs is 3. The van der Waals surface area contributed by atoms with Gasteiger partial charge in [0.2, 0.25) is 5.95 Å². The summed E-state index contributed by atoms with van der Waals surface area (Å²) < 4.78 is 29.0. The molecule has 2 aromatic heterocycles. The van der Waals surface area contributed by atoms with E-state index >= 15 is 0 Å². The number of rotatable bonds is 6. The molecular weight excluding hydrogens is 410 g/mol. The third-order valence-corrected chi connectivity index (χ3v) is 4.22. The van der Waals surface area contributed by atoms with Crippen molar-refractivity contribution in [1.82, 2.24) is 24.9 Å². The highest BCUT2D eigenvalue weighted by atomic mass is 19.1. The van der Waals surface area contributed by atoms with Crippen molar-refractivity contribution < 1.29 is 8.78 Å². The fraction of sp³-hybridized carbons (Fsp3) is 0.458. The Bertz CT molecular complexity index is 1000. The summed E-state index contributed by atoms with van der Waals surface area (Å²) in [5.74, 6) is -0.365. The van der Waals surface area contributed by atoms with Gasteiger partial charge in [-0.2, -0.15) is 4.52 Å². The molecule has 6 nitrogen and oxygen atoms in total. The maximum absolute atomic E-state index is 14.0. The lowest BCUT2D eigenvalue weighted by atomic mass is 10.2. The number of halogens is 2. The van der Waals surface area contributed by atoms with Gasteiger partial charge >= 0.3 is 0 Å². The number of benzene rings is 1. The van der Waals surface area contributed by atoms with Crippen molar-refractivity contribution in [2.24, 2.45) is 0 Å². The molecule has 0 unspecified atom stereocenters. The Balaban J connectivity index is 0.000000928. The monoisotopic (exact) mass is 446 g/mol. The van der Waals surface area contributed by atoms with E-state index in [0.717, 1.165) is 25.5 Å². The molecule has 0 spiro atoms. The number of nitrogens with zero attached hydrogens (tertiary/aromatic N) is 4. The highest BCUT2D eigenvalue weighted by Crippen LogP contribution is 2.24. The lowest BCUT2D eigenvalue weighted by molar-refractivity contribution is 0.590. The molecule has 0 saturated heterocycles. The molecule has 0 amide bonds. The van der Waals surface area contributed by atoms with E-state index in [9.17, 15) is 8.78 Å². The molecule has 0 atom stereocenters. The van der Waals surface area contributed by atoms with Crippen LogP contribution in [-0.4, -0.2) is 40.2 Å². The third kappa shape index (κ3) is 8.23. The molecule has 3 aromatic rings. The van der Waals surface area contributed by atoms with Crippen LogP contribution in [0.5, 0.6) is 0 Å². The first-order valence-electron chi connectivity index (χ1n) is 10.7. The number of aromatic nitrogens is 4. The Morgan fingerprint density at radius 1 is 1.09 bits per heavy atom. The summed E-state index contributed by atoms with van der Waals surface area (Å²) in [4.78, 5) is 8.63. The first kappa shape index (κ1) is 28.9. The van der Waals surface area contributed by atoms with Crippen molar-refractivity contribution in [1.29, 1.82) is 0 Å². The highest BCUT2D eigenvalue weighted by molar-refractivity contribution is 5.92. The number of unbranched alkanes of at least 4 members (excludes halogenated alkanes) is 1. The van der Waals surface area contributed by atoms with Crippen LogP contribution in [-0.2, 0) is 6.42 Å². The molecule has 2 N–H and O–H groups in total. The molecule has 8 heteroatoms. The predicted molar refractivity (Wildman–Crippen MR) is 131 cm³/mol. The van der Waals surface area contributed by atoms with E-state index in [2.05, 4.69) is 58.5 Å². The minimum Gasteiger partial charge on any atom is -0.357 e. The summed E-state index contributed by atoms with van der Waals surface area (Å²) in [7, 11) is 3.58. The van der Waals surface area contributed by atoms with Gasteiger partial charge in [-0.25, -0.2) is 18.7 Å². The predicted octanol–water partition coefficient (Wildman–Crippen LogP) is 5.39. The van der Waals surface area contributed by atoms with Gasteiger partial charge in [0, 0.05) is 19.5 Å². The summed E-state index contributed by atoms with van der Waals surface area (Å²) in [6.45, 7) is 11.1. The van der Waals surface area contributed by atoms with Gasteiger partial charge in [0.1, 0.15) is 11.3 Å². The SMILES string of the molecule is C#C.CC.CC=C(C)C.CNCCCCc1nc2c3cc(F)cc(F)c3nc(NC)n2n1. The summed E-state index contributed by atoms with van der Waals surface area (Å²) in [5.41, 5.74) is 1.86. The van der Waals surface area contributed by atoms with E-state index in [1.165, 1.54) is 16.2 Å². The maximum Gasteiger partial charge on any atom is 0.226 e. The second kappa shape index (κ2) is 15.7. The van der Waals surface area contributed by atoms with Crippen molar-refractivity contribution in [2.75, 3.05) is 26.0 Å². The van der Waals surface area contributed by atoms with E-state index in [1.807, 2.05) is 27.8 Å². The third-order valence-electron chi connectivity index (χ3n) is 4.22. The lowest BCUT2D eigenvalue weighted by Gasteiger charge is -2.06. The molecule has 0 fully saturated rings. The molecule has 2 heterocycles. The number of hydrogen-bond donors (Lipinski definition) is 2. The molecule has 0 aliphatic rings. The number of aryl methyl sites for hydroxylation is 1. The van der Waals surface area contributed by atoms with E-state index in [4.69, 9.17) is 0 Å². The van der Waals surface area contributed by atoms with Crippen molar-refractivity contribution in [3.05, 3.63) is 41.2 Å². The van der Waals surface area contributed by atoms with Gasteiger partial charge in [-0.1, -0.05) is 25.5 Å². The van der Waals surface area contributed by atoms with Gasteiger partial charge in [0.15, 0.2) is 17.3 Å². The van der Waals surface area contributed by atoms with Crippen LogP contribution in [0.1, 0.15) is 53.3 Å². The van der Waals surface area contributed by atoms with Crippen LogP contribution in [0.3, 0.4) is 0 Å². The Morgan fingerprint density at radius 2 is 1.72 bits per heavy atom. The fourth-order valence-electron chi connectivity index (χ4n) is 2.53. The zero-order chi connectivity index (χ0) is 24.7. The molecule has 3 rings (SSSR count). The molecule has 176 valence electrons. The standard InChI is InChI=1S/C15H18F2N6.C5H10.C2H6.C2H2/c1-18-6-4-3-5-12-20-14-10-7-9(16)8-11(17)13(10)21-15(19-2)23(14)22-12;1-4-5(2)3;2*1-2/h7-8,18H,3-6H2,1-2H3,(H,19,21);4H,1-3H3;1-2H3;1-2H. The number of hydrogen-bond acceptors (Lipinski definition) is 5. The molecule has 0 aliphatic carbocycles. The molecule has 1 aromatic carbocycles. The average molecular weight is 447 g/mol. The smallest absolute Gasteiger partial charge is 0.226 e. The zero-order valence-electron chi connectivity index (χ0n) is 20.3. The van der Waals surface area contributed by atoms with Crippen molar-refractivity contribution in [2.45, 2.75) is 53.9 Å². The van der Waals surface area contributed by atoms with Crippen molar-refractivity contribution in [3.63, 3.8) is 0 Å². The van der Waals surface area contributed by atoms with E-state index in [0.29, 0.717) is 29.2 Å². The van der Waals surface area contributed by atoms with Crippen LogP contribution >= 0.6 is 0 Å². The zero-order valence-corrected chi connectivity index (χ0v) is 20.3. The second-order valence-corrected chi connectivity index (χ2v) is 6.66. The Hall–Kier alpha value is -3.05. The normalized spacial score (nSPS) is 9.59. The summed E-state index contributed by atoms with van der Waals surface area (Å²) in [6, 6.07) is 2.06. The average Bonchev–Trinajstić information content (AvgIpc) is 3.24. The van der Waals surface area contributed by atoms with Gasteiger partial charge in [0.25, 0.3) is 0 Å². The number of allylic oxidation sites excluding steroid dienone is 2. The summed E-state index contributed by atoms with van der Waals surface area (Å²) in [5, 5.41) is 10.7. The first-order chi connectivity index (χ1) is 15.4. The number of anilines is 1. The van der Waals surface area contributed by atoms with Gasteiger partial charge < -0.3 is 10.6 Å². The van der Waals surface area contributed by atoms with E-state index in [-0.39, 0.29) is 5.52 Å². The van der Waals surface area contributed by atoms with Crippen molar-refractivity contribution in [3.8, 4) is 12.8 Å². The quantitative estimate of drug-likeness (QED) is 0.302.